The molecule has 4 atom stereocenters. The van der Waals surface area contributed by atoms with Crippen molar-refractivity contribution in [1.82, 2.24) is 19.5 Å². The number of nitrogens with one attached hydrogen (secondary N) is 1. The predicted molar refractivity (Wildman–Crippen MR) is 232 cm³/mol. The number of ether oxygens (including phenoxy) is 5. The van der Waals surface area contributed by atoms with E-state index in [0.29, 0.717) is 17.9 Å². The summed E-state index contributed by atoms with van der Waals surface area (Å²) in [6, 6.07) is 42.9. The summed E-state index contributed by atoms with van der Waals surface area (Å²) in [5, 5.41) is 3.20. The smallest absolute Gasteiger partial charge is 0.425 e. The Balaban J connectivity index is 1.21. The van der Waals surface area contributed by atoms with Gasteiger partial charge >= 0.3 is 24.0 Å². The lowest BCUT2D eigenvalue weighted by Gasteiger charge is -2.25. The van der Waals surface area contributed by atoms with Crippen molar-refractivity contribution in [3.63, 3.8) is 0 Å². The van der Waals surface area contributed by atoms with Gasteiger partial charge in [-0.15, -0.1) is 0 Å². The summed E-state index contributed by atoms with van der Waals surface area (Å²) in [6.07, 6.45) is -4.58. The Morgan fingerprint density at radius 2 is 1.16 bits per heavy atom. The number of anilines is 3. The summed E-state index contributed by atoms with van der Waals surface area (Å²) in [5.41, 5.74) is 1.99. The zero-order chi connectivity index (χ0) is 43.7. The number of fused-ring (bicyclic) bond motifs is 1. The lowest BCUT2D eigenvalue weighted by atomic mass is 10.1. The Kier molecular flexibility index (Phi) is 12.7. The first-order valence-electron chi connectivity index (χ1n) is 20.2. The Labute approximate surface area is 362 Å². The molecule has 0 spiro atoms. The van der Waals surface area contributed by atoms with Crippen molar-refractivity contribution in [3.8, 4) is 5.88 Å². The molecular weight excluding hydrogens is 805 g/mol. The van der Waals surface area contributed by atoms with Crippen LogP contribution >= 0.6 is 0 Å². The van der Waals surface area contributed by atoms with E-state index >= 15 is 0 Å². The maximum Gasteiger partial charge on any atom is 0.425 e. The highest BCUT2D eigenvalue weighted by Gasteiger charge is 2.52. The summed E-state index contributed by atoms with van der Waals surface area (Å²) in [6.45, 7) is 4.07. The van der Waals surface area contributed by atoms with Gasteiger partial charge in [0.25, 0.3) is 5.88 Å². The van der Waals surface area contributed by atoms with E-state index in [0.717, 1.165) is 0 Å². The number of amides is 1. The van der Waals surface area contributed by atoms with Crippen LogP contribution in [0.25, 0.3) is 11.2 Å². The van der Waals surface area contributed by atoms with Crippen LogP contribution in [0, 0.1) is 5.92 Å². The molecule has 1 amide bonds. The molecule has 0 bridgehead atoms. The van der Waals surface area contributed by atoms with Gasteiger partial charge in [0.1, 0.15) is 12.7 Å². The highest BCUT2D eigenvalue weighted by atomic mass is 16.7. The average Bonchev–Trinajstić information content (AvgIpc) is 3.89. The zero-order valence-electron chi connectivity index (χ0n) is 34.2. The van der Waals surface area contributed by atoms with Crippen molar-refractivity contribution >= 4 is 52.5 Å². The predicted octanol–water partition coefficient (Wildman–Crippen LogP) is 8.44. The van der Waals surface area contributed by atoms with Crippen LogP contribution in [0.2, 0.25) is 0 Å². The lowest BCUT2D eigenvalue weighted by Crippen LogP contribution is -2.41. The minimum absolute atomic E-state index is 0.0630. The van der Waals surface area contributed by atoms with E-state index in [2.05, 4.69) is 15.3 Å². The number of aromatic nitrogens is 4. The van der Waals surface area contributed by atoms with Crippen molar-refractivity contribution in [3.05, 3.63) is 175 Å². The zero-order valence-corrected chi connectivity index (χ0v) is 34.2. The van der Waals surface area contributed by atoms with E-state index in [9.17, 15) is 19.2 Å². The van der Waals surface area contributed by atoms with Crippen LogP contribution in [-0.4, -0.2) is 75.0 Å². The van der Waals surface area contributed by atoms with Gasteiger partial charge in [0.05, 0.1) is 34.4 Å². The fourth-order valence-corrected chi connectivity index (χ4v) is 6.85. The van der Waals surface area contributed by atoms with E-state index in [1.165, 1.54) is 15.8 Å². The van der Waals surface area contributed by atoms with Crippen LogP contribution in [0.1, 0.15) is 51.1 Å². The topological polar surface area (TPSA) is 173 Å². The normalized spacial score (nSPS) is 16.9. The molecule has 1 saturated heterocycles. The molecule has 0 radical (unpaired) electrons. The number of carbonyl (C=O) groups excluding carboxylic acids is 4. The van der Waals surface area contributed by atoms with Gasteiger partial charge in [0, 0.05) is 6.54 Å². The molecule has 5 aromatic carbocycles. The SMILES string of the molecule is CC(C)CNc1nc(OC(=O)N(c2ccccc2)c2ccccc2)c2ncn([C@@H]3O[C@H](COC(=O)c4ccccc4)[C@@H](OC(=O)c4ccccc4)[C@H]3OC(=O)c3ccccc3)c2n1. The molecule has 1 fully saturated rings. The van der Waals surface area contributed by atoms with Crippen LogP contribution in [0.15, 0.2) is 158 Å². The van der Waals surface area contributed by atoms with E-state index in [4.69, 9.17) is 28.7 Å². The molecule has 2 aromatic heterocycles. The van der Waals surface area contributed by atoms with Gasteiger partial charge in [-0.1, -0.05) is 105 Å². The largest absolute Gasteiger partial charge is 0.459 e. The number of para-hydroxylation sites is 2. The molecule has 1 N–H and O–H groups in total. The van der Waals surface area contributed by atoms with Crippen molar-refractivity contribution in [2.24, 2.45) is 5.92 Å². The second kappa shape index (κ2) is 19.2. The monoisotopic (exact) mass is 846 g/mol. The third-order valence-electron chi connectivity index (χ3n) is 9.91. The van der Waals surface area contributed by atoms with Gasteiger partial charge in [-0.25, -0.2) is 29.1 Å². The Bertz CT molecular complexity index is 2630. The Hall–Kier alpha value is -7.91. The molecule has 0 saturated carbocycles. The molecule has 1 aliphatic rings. The molecule has 7 aromatic rings. The van der Waals surface area contributed by atoms with Crippen LogP contribution in [0.3, 0.4) is 0 Å². The molecule has 318 valence electrons. The number of nitrogens with zero attached hydrogens (tertiary/aromatic N) is 5. The average molecular weight is 847 g/mol. The highest BCUT2D eigenvalue weighted by Crippen LogP contribution is 2.38. The minimum Gasteiger partial charge on any atom is -0.459 e. The van der Waals surface area contributed by atoms with Crippen molar-refractivity contribution < 1.29 is 42.9 Å². The molecule has 0 unspecified atom stereocenters. The molecule has 15 nitrogen and oxygen atoms in total. The van der Waals surface area contributed by atoms with Crippen LogP contribution in [0.5, 0.6) is 5.88 Å². The molecule has 1 aliphatic heterocycles. The van der Waals surface area contributed by atoms with Crippen LogP contribution < -0.4 is 15.0 Å². The fourth-order valence-electron chi connectivity index (χ4n) is 6.85. The van der Waals surface area contributed by atoms with E-state index in [-0.39, 0.29) is 45.6 Å². The minimum atomic E-state index is -1.37. The number of imidazole rings is 1. The number of carbonyl (C=O) groups is 4. The maximum atomic E-state index is 14.3. The van der Waals surface area contributed by atoms with Gasteiger partial charge in [0.2, 0.25) is 5.95 Å². The van der Waals surface area contributed by atoms with Gasteiger partial charge in [-0.2, -0.15) is 9.97 Å². The number of benzene rings is 5. The van der Waals surface area contributed by atoms with Crippen LogP contribution in [-0.2, 0) is 18.9 Å². The van der Waals surface area contributed by atoms with Gasteiger partial charge in [-0.3, -0.25) is 4.57 Å². The third kappa shape index (κ3) is 9.69. The standard InChI is InChI=1S/C48H42N6O9/c1-31(2)28-49-47-51-41-38(42(52-47)63-48(58)54(35-24-14-6-15-25-35)36-26-16-7-17-27-36)50-30-53(41)43-40(62-46(57)34-22-12-5-13-23-34)39(61-45(56)33-20-10-4-11-21-33)37(60-43)29-59-44(55)32-18-8-3-9-19-32/h3-27,30-31,37,39-40,43H,28-29H2,1-2H3,(H,49,51,52)/t37-,39-,40-,43-/m1/s1. The van der Waals surface area contributed by atoms with Gasteiger partial charge < -0.3 is 29.0 Å². The quantitative estimate of drug-likeness (QED) is 0.0817. The number of rotatable bonds is 14. The first-order chi connectivity index (χ1) is 30.7. The summed E-state index contributed by atoms with van der Waals surface area (Å²) in [5.74, 6) is -2.04. The second-order valence-electron chi connectivity index (χ2n) is 14.8. The number of esters is 3. The van der Waals surface area contributed by atoms with E-state index in [1.807, 2.05) is 26.0 Å². The Morgan fingerprint density at radius 3 is 1.68 bits per heavy atom. The molecule has 15 heteroatoms. The molecule has 3 heterocycles. The third-order valence-corrected chi connectivity index (χ3v) is 9.91. The summed E-state index contributed by atoms with van der Waals surface area (Å²) in [4.78, 5) is 70.5. The highest BCUT2D eigenvalue weighted by molar-refractivity contribution is 5.98. The fraction of sp³-hybridized carbons (Fsp3) is 0.188. The van der Waals surface area contributed by atoms with E-state index < -0.39 is 55.1 Å². The van der Waals surface area contributed by atoms with Gasteiger partial charge in [0.15, 0.2) is 29.6 Å². The maximum absolute atomic E-state index is 14.3. The summed E-state index contributed by atoms with van der Waals surface area (Å²) < 4.78 is 32.2. The number of hydrogen-bond acceptors (Lipinski definition) is 13. The van der Waals surface area contributed by atoms with Crippen LogP contribution in [0.4, 0.5) is 22.1 Å². The Morgan fingerprint density at radius 1 is 0.667 bits per heavy atom. The molecule has 0 aliphatic carbocycles. The molecule has 63 heavy (non-hydrogen) atoms. The van der Waals surface area contributed by atoms with Crippen molar-refractivity contribution in [2.45, 2.75) is 38.4 Å². The second-order valence-corrected chi connectivity index (χ2v) is 14.8. The van der Waals surface area contributed by atoms with Crippen molar-refractivity contribution in [2.75, 3.05) is 23.4 Å². The van der Waals surface area contributed by atoms with Crippen molar-refractivity contribution in [1.29, 1.82) is 0 Å². The summed E-state index contributed by atoms with van der Waals surface area (Å²) in [7, 11) is 0. The molecule has 8 rings (SSSR count). The lowest BCUT2D eigenvalue weighted by molar-refractivity contribution is -0.0606. The summed E-state index contributed by atoms with van der Waals surface area (Å²) >= 11 is 0. The first-order valence-corrected chi connectivity index (χ1v) is 20.2. The first kappa shape index (κ1) is 41.8. The van der Waals surface area contributed by atoms with Gasteiger partial charge in [-0.05, 0) is 66.6 Å². The van der Waals surface area contributed by atoms with E-state index in [1.54, 1.807) is 140 Å². The molecular formula is C48H42N6O9. The number of hydrogen-bond donors (Lipinski definition) is 1.